The lowest BCUT2D eigenvalue weighted by Crippen LogP contribution is -2.44. The third-order valence-corrected chi connectivity index (χ3v) is 5.75. The number of benzene rings is 1. The Hall–Kier alpha value is -1.46. The average Bonchev–Trinajstić information content (AvgIpc) is 2.92. The van der Waals surface area contributed by atoms with Crippen molar-refractivity contribution < 1.29 is 14.2 Å². The van der Waals surface area contributed by atoms with E-state index in [0.717, 1.165) is 36.3 Å². The molecule has 5 nitrogen and oxygen atoms in total. The summed E-state index contributed by atoms with van der Waals surface area (Å²) in [5.41, 5.74) is 1.20. The van der Waals surface area contributed by atoms with Gasteiger partial charge >= 0.3 is 0 Å². The van der Waals surface area contributed by atoms with Crippen LogP contribution in [0, 0.1) is 5.92 Å². The summed E-state index contributed by atoms with van der Waals surface area (Å²) in [6.45, 7) is 9.30. The number of piperidine rings is 1. The largest absolute Gasteiger partial charge is 0.496 e. The first-order valence-electron chi connectivity index (χ1n) is 9.69. The van der Waals surface area contributed by atoms with Crippen molar-refractivity contribution in [1.82, 2.24) is 9.80 Å². The first-order chi connectivity index (χ1) is 12.3. The molecule has 0 amide bonds. The van der Waals surface area contributed by atoms with E-state index in [1.807, 2.05) is 6.07 Å². The summed E-state index contributed by atoms with van der Waals surface area (Å²) in [4.78, 5) is 5.33. The fourth-order valence-electron chi connectivity index (χ4n) is 4.63. The third kappa shape index (κ3) is 3.58. The van der Waals surface area contributed by atoms with Gasteiger partial charge in [0.05, 0.1) is 7.11 Å². The van der Waals surface area contributed by atoms with Crippen LogP contribution in [0.2, 0.25) is 0 Å². The molecule has 138 valence electrons. The molecule has 5 heteroatoms. The number of hydrogen-bond donors (Lipinski definition) is 0. The number of rotatable bonds is 5. The summed E-state index contributed by atoms with van der Waals surface area (Å²) in [7, 11) is 1.74. The summed E-state index contributed by atoms with van der Waals surface area (Å²) in [5, 5.41) is 0. The molecule has 25 heavy (non-hydrogen) atoms. The van der Waals surface area contributed by atoms with Crippen LogP contribution in [0.3, 0.4) is 0 Å². The Morgan fingerprint density at radius 2 is 1.88 bits per heavy atom. The zero-order valence-corrected chi connectivity index (χ0v) is 15.5. The van der Waals surface area contributed by atoms with Gasteiger partial charge in [0.15, 0.2) is 11.5 Å². The Morgan fingerprint density at radius 3 is 2.64 bits per heavy atom. The molecule has 1 aromatic rings. The first kappa shape index (κ1) is 17.0. The molecule has 3 fully saturated rings. The molecule has 2 atom stereocenters. The zero-order valence-electron chi connectivity index (χ0n) is 15.5. The van der Waals surface area contributed by atoms with Crippen molar-refractivity contribution in [2.24, 2.45) is 5.92 Å². The third-order valence-electron chi connectivity index (χ3n) is 5.75. The van der Waals surface area contributed by atoms with Crippen molar-refractivity contribution in [3.63, 3.8) is 0 Å². The molecule has 4 aliphatic rings. The highest BCUT2D eigenvalue weighted by molar-refractivity contribution is 5.51. The van der Waals surface area contributed by atoms with Gasteiger partial charge in [-0.3, -0.25) is 9.80 Å². The van der Waals surface area contributed by atoms with Crippen LogP contribution in [0.5, 0.6) is 17.2 Å². The SMILES string of the molecule is CCCN1C[C@@H]2CC[C@H]1CN(Cc1cc3c(cc1OC)OCCO3)C2. The van der Waals surface area contributed by atoms with Crippen LogP contribution in [-0.4, -0.2) is 62.3 Å². The fourth-order valence-corrected chi connectivity index (χ4v) is 4.63. The van der Waals surface area contributed by atoms with E-state index in [1.54, 1.807) is 7.11 Å². The molecule has 0 saturated carbocycles. The van der Waals surface area contributed by atoms with Gasteiger partial charge in [-0.2, -0.15) is 0 Å². The molecule has 4 heterocycles. The van der Waals surface area contributed by atoms with Gasteiger partial charge in [-0.15, -0.1) is 0 Å². The van der Waals surface area contributed by atoms with E-state index in [9.17, 15) is 0 Å². The Kier molecular flexibility index (Phi) is 5.04. The standard InChI is InChI=1S/C20H30N2O3/c1-3-6-22-12-15-4-5-17(22)14-21(11-15)13-16-9-19-20(10-18(16)23-2)25-8-7-24-19/h9-10,15,17H,3-8,11-14H2,1-2H3/t15-,17+/m1/s1. The van der Waals surface area contributed by atoms with Gasteiger partial charge in [-0.1, -0.05) is 6.92 Å². The molecule has 1 aromatic carbocycles. The van der Waals surface area contributed by atoms with Gasteiger partial charge in [-0.05, 0) is 37.8 Å². The number of ether oxygens (including phenoxy) is 3. The summed E-state index contributed by atoms with van der Waals surface area (Å²) in [6, 6.07) is 4.81. The highest BCUT2D eigenvalue weighted by Gasteiger charge is 2.34. The molecule has 0 aliphatic carbocycles. The number of nitrogens with zero attached hydrogens (tertiary/aromatic N) is 2. The molecule has 2 bridgehead atoms. The molecule has 3 saturated heterocycles. The molecule has 0 N–H and O–H groups in total. The van der Waals surface area contributed by atoms with Crippen molar-refractivity contribution in [2.75, 3.05) is 46.5 Å². The van der Waals surface area contributed by atoms with Gasteiger partial charge in [-0.25, -0.2) is 0 Å². The average molecular weight is 346 g/mol. The minimum Gasteiger partial charge on any atom is -0.496 e. The molecular formula is C20H30N2O3. The maximum atomic E-state index is 5.77. The lowest BCUT2D eigenvalue weighted by molar-refractivity contribution is 0.131. The molecule has 4 aliphatic heterocycles. The number of fused-ring (bicyclic) bond motifs is 5. The van der Waals surface area contributed by atoms with Gasteiger partial charge in [0.25, 0.3) is 0 Å². The lowest BCUT2D eigenvalue weighted by Gasteiger charge is -2.35. The number of hydrogen-bond acceptors (Lipinski definition) is 5. The summed E-state index contributed by atoms with van der Waals surface area (Å²) >= 11 is 0. The van der Waals surface area contributed by atoms with Crippen LogP contribution >= 0.6 is 0 Å². The van der Waals surface area contributed by atoms with Gasteiger partial charge in [0, 0.05) is 43.9 Å². The quantitative estimate of drug-likeness (QED) is 0.819. The van der Waals surface area contributed by atoms with Crippen molar-refractivity contribution in [3.8, 4) is 17.2 Å². The zero-order chi connectivity index (χ0) is 17.2. The van der Waals surface area contributed by atoms with Gasteiger partial charge < -0.3 is 14.2 Å². The van der Waals surface area contributed by atoms with Crippen LogP contribution in [-0.2, 0) is 6.54 Å². The van der Waals surface area contributed by atoms with Crippen LogP contribution < -0.4 is 14.2 Å². The Morgan fingerprint density at radius 1 is 1.08 bits per heavy atom. The molecule has 0 unspecified atom stereocenters. The van der Waals surface area contributed by atoms with E-state index in [2.05, 4.69) is 22.8 Å². The monoisotopic (exact) mass is 346 g/mol. The first-order valence-corrected chi connectivity index (χ1v) is 9.69. The van der Waals surface area contributed by atoms with E-state index in [4.69, 9.17) is 14.2 Å². The highest BCUT2D eigenvalue weighted by atomic mass is 16.6. The Balaban J connectivity index is 1.52. The van der Waals surface area contributed by atoms with Crippen LogP contribution in [0.15, 0.2) is 12.1 Å². The van der Waals surface area contributed by atoms with E-state index >= 15 is 0 Å². The Bertz CT molecular complexity index is 607. The second kappa shape index (κ2) is 7.42. The topological polar surface area (TPSA) is 34.2 Å². The second-order valence-electron chi connectivity index (χ2n) is 7.59. The number of methoxy groups -OCH3 is 1. The van der Waals surface area contributed by atoms with Crippen molar-refractivity contribution in [1.29, 1.82) is 0 Å². The molecule has 5 rings (SSSR count). The van der Waals surface area contributed by atoms with E-state index < -0.39 is 0 Å². The van der Waals surface area contributed by atoms with E-state index in [0.29, 0.717) is 19.3 Å². The maximum Gasteiger partial charge on any atom is 0.165 e. The van der Waals surface area contributed by atoms with Crippen LogP contribution in [0.25, 0.3) is 0 Å². The molecular weight excluding hydrogens is 316 g/mol. The van der Waals surface area contributed by atoms with Crippen molar-refractivity contribution >= 4 is 0 Å². The van der Waals surface area contributed by atoms with E-state index in [1.165, 1.54) is 44.5 Å². The normalized spacial score (nSPS) is 26.5. The predicted molar refractivity (Wildman–Crippen MR) is 97.6 cm³/mol. The minimum atomic E-state index is 0.609. The molecule has 0 aromatic heterocycles. The predicted octanol–water partition coefficient (Wildman–Crippen LogP) is 2.77. The van der Waals surface area contributed by atoms with E-state index in [-0.39, 0.29) is 0 Å². The summed E-state index contributed by atoms with van der Waals surface area (Å²) in [5.74, 6) is 3.36. The smallest absolute Gasteiger partial charge is 0.165 e. The summed E-state index contributed by atoms with van der Waals surface area (Å²) < 4.78 is 17.1. The fraction of sp³-hybridized carbons (Fsp3) is 0.700. The summed E-state index contributed by atoms with van der Waals surface area (Å²) in [6.07, 6.45) is 3.97. The van der Waals surface area contributed by atoms with Crippen molar-refractivity contribution in [2.45, 2.75) is 38.8 Å². The van der Waals surface area contributed by atoms with Crippen LogP contribution in [0.4, 0.5) is 0 Å². The minimum absolute atomic E-state index is 0.609. The van der Waals surface area contributed by atoms with Gasteiger partial charge in [0.1, 0.15) is 19.0 Å². The van der Waals surface area contributed by atoms with Crippen molar-refractivity contribution in [3.05, 3.63) is 17.7 Å². The second-order valence-corrected chi connectivity index (χ2v) is 7.59. The molecule has 0 radical (unpaired) electrons. The van der Waals surface area contributed by atoms with Gasteiger partial charge in [0.2, 0.25) is 0 Å². The maximum absolute atomic E-state index is 5.77. The van der Waals surface area contributed by atoms with Crippen LogP contribution in [0.1, 0.15) is 31.7 Å². The molecule has 0 spiro atoms. The highest BCUT2D eigenvalue weighted by Crippen LogP contribution is 2.38. The lowest BCUT2D eigenvalue weighted by atomic mass is 9.95. The Labute approximate surface area is 150 Å².